The van der Waals surface area contributed by atoms with E-state index >= 15 is 0 Å². The number of aryl methyl sites for hydroxylation is 1. The molecule has 0 aliphatic heterocycles. The summed E-state index contributed by atoms with van der Waals surface area (Å²) in [6, 6.07) is 18.3. The summed E-state index contributed by atoms with van der Waals surface area (Å²) in [6.45, 7) is 2.43. The van der Waals surface area contributed by atoms with Crippen LogP contribution in [0.2, 0.25) is 0 Å². The Bertz CT molecular complexity index is 1590. The summed E-state index contributed by atoms with van der Waals surface area (Å²) in [5.41, 5.74) is 3.09. The fourth-order valence-electron chi connectivity index (χ4n) is 3.89. The molecule has 0 radical (unpaired) electrons. The lowest BCUT2D eigenvalue weighted by atomic mass is 9.98. The Balaban J connectivity index is 1.74. The third-order valence-electron chi connectivity index (χ3n) is 5.84. The normalized spacial score (nSPS) is 12.4. The molecule has 0 saturated heterocycles. The number of aromatic nitrogens is 1. The van der Waals surface area contributed by atoms with E-state index in [2.05, 4.69) is 9.87 Å². The largest absolute Gasteiger partial charge is 0.494 e. The van der Waals surface area contributed by atoms with Crippen LogP contribution in [0.15, 0.2) is 76.6 Å². The monoisotopic (exact) mass is 536 g/mol. The minimum atomic E-state index is -3.88. The van der Waals surface area contributed by atoms with Gasteiger partial charge in [-0.25, -0.2) is 18.2 Å². The Morgan fingerprint density at radius 3 is 2.39 bits per heavy atom. The van der Waals surface area contributed by atoms with Gasteiger partial charge in [0.05, 0.1) is 34.0 Å². The first kappa shape index (κ1) is 27.0. The number of H-pyrrole nitrogens is 1. The van der Waals surface area contributed by atoms with Gasteiger partial charge in [0.25, 0.3) is 10.0 Å². The number of carbonyl (C=O) groups is 1. The molecule has 0 aliphatic rings. The highest BCUT2D eigenvalue weighted by Crippen LogP contribution is 2.33. The van der Waals surface area contributed by atoms with Crippen LogP contribution in [0.4, 0.5) is 5.69 Å². The van der Waals surface area contributed by atoms with Gasteiger partial charge in [0, 0.05) is 23.0 Å². The van der Waals surface area contributed by atoms with Crippen molar-refractivity contribution in [3.63, 3.8) is 0 Å². The SMILES string of the molecule is Cc1cc2c(C(=Nc3ccc(S(=O)(=O)NOCCN(C)C)cc3)c3ccccc3)c(O)[nH]c2cc1C(=O)O. The number of aromatic amines is 1. The number of benzene rings is 3. The first-order chi connectivity index (χ1) is 18.1. The summed E-state index contributed by atoms with van der Waals surface area (Å²) >= 11 is 0. The maximum Gasteiger partial charge on any atom is 0.336 e. The van der Waals surface area contributed by atoms with Crippen molar-refractivity contribution in [3.05, 3.63) is 89.0 Å². The van der Waals surface area contributed by atoms with E-state index in [4.69, 9.17) is 9.83 Å². The number of carboxylic acid groups (broad SMARTS) is 1. The van der Waals surface area contributed by atoms with Crippen LogP contribution < -0.4 is 4.89 Å². The van der Waals surface area contributed by atoms with E-state index in [0.29, 0.717) is 45.5 Å². The summed E-state index contributed by atoms with van der Waals surface area (Å²) in [4.78, 5) is 28.3. The highest BCUT2D eigenvalue weighted by molar-refractivity contribution is 7.89. The molecular formula is C27H28N4O6S. The Hall–Kier alpha value is -4.03. The zero-order valence-electron chi connectivity index (χ0n) is 21.1. The predicted octanol–water partition coefficient (Wildman–Crippen LogP) is 3.82. The van der Waals surface area contributed by atoms with E-state index in [1.54, 1.807) is 25.1 Å². The lowest BCUT2D eigenvalue weighted by Crippen LogP contribution is -2.28. The van der Waals surface area contributed by atoms with Crippen molar-refractivity contribution >= 4 is 38.3 Å². The molecule has 0 saturated carbocycles. The lowest BCUT2D eigenvalue weighted by molar-refractivity contribution is 0.0696. The van der Waals surface area contributed by atoms with Crippen molar-refractivity contribution in [1.29, 1.82) is 0 Å². The van der Waals surface area contributed by atoms with Gasteiger partial charge < -0.3 is 20.1 Å². The Labute approximate surface area is 220 Å². The first-order valence-corrected chi connectivity index (χ1v) is 13.2. The third kappa shape index (κ3) is 5.92. The molecule has 0 fully saturated rings. The van der Waals surface area contributed by atoms with Crippen molar-refractivity contribution in [2.75, 3.05) is 27.2 Å². The highest BCUT2D eigenvalue weighted by atomic mass is 32.2. The minimum Gasteiger partial charge on any atom is -0.494 e. The topological polar surface area (TPSA) is 144 Å². The number of hydrogen-bond donors (Lipinski definition) is 4. The van der Waals surface area contributed by atoms with E-state index in [-0.39, 0.29) is 22.9 Å². The number of aliphatic imine (C=N–C) groups is 1. The molecule has 4 rings (SSSR count). The van der Waals surface area contributed by atoms with Crippen molar-refractivity contribution in [1.82, 2.24) is 14.8 Å². The number of carboxylic acids is 1. The first-order valence-electron chi connectivity index (χ1n) is 11.7. The van der Waals surface area contributed by atoms with Gasteiger partial charge in [-0.3, -0.25) is 4.84 Å². The number of rotatable bonds is 10. The number of fused-ring (bicyclic) bond motifs is 1. The second kappa shape index (κ2) is 11.2. The van der Waals surface area contributed by atoms with Gasteiger partial charge in [-0.2, -0.15) is 0 Å². The molecule has 11 heteroatoms. The standard InChI is InChI=1S/C27H28N4O6S/c1-17-15-22-23(16-21(17)27(33)34)29-26(32)24(22)25(18-7-5-4-6-8-18)28-19-9-11-20(12-10-19)38(35,36)30-37-14-13-31(2)3/h4-12,15-16,29-30,32H,13-14H2,1-3H3,(H,33,34). The molecule has 1 heterocycles. The maximum atomic E-state index is 12.6. The number of aromatic hydroxyl groups is 1. The number of nitrogens with one attached hydrogen (secondary N) is 2. The van der Waals surface area contributed by atoms with Crippen LogP contribution in [0, 0.1) is 6.92 Å². The maximum absolute atomic E-state index is 12.6. The van der Waals surface area contributed by atoms with Crippen molar-refractivity contribution in [3.8, 4) is 5.88 Å². The molecule has 0 amide bonds. The van der Waals surface area contributed by atoms with E-state index in [1.807, 2.05) is 49.3 Å². The smallest absolute Gasteiger partial charge is 0.336 e. The molecule has 3 aromatic carbocycles. The van der Waals surface area contributed by atoms with Crippen LogP contribution in [0.5, 0.6) is 5.88 Å². The van der Waals surface area contributed by atoms with Crippen LogP contribution in [0.25, 0.3) is 10.9 Å². The van der Waals surface area contributed by atoms with Crippen LogP contribution in [0.3, 0.4) is 0 Å². The van der Waals surface area contributed by atoms with Crippen LogP contribution >= 0.6 is 0 Å². The van der Waals surface area contributed by atoms with Gasteiger partial charge in [-0.1, -0.05) is 35.2 Å². The van der Waals surface area contributed by atoms with Gasteiger partial charge in [0.15, 0.2) is 5.88 Å². The molecule has 1 aromatic heterocycles. The zero-order valence-corrected chi connectivity index (χ0v) is 21.9. The van der Waals surface area contributed by atoms with Crippen molar-refractivity contribution < 1.29 is 28.3 Å². The quantitative estimate of drug-likeness (QED) is 0.137. The molecule has 0 atom stereocenters. The average Bonchev–Trinajstić information content (AvgIpc) is 3.19. The summed E-state index contributed by atoms with van der Waals surface area (Å²) < 4.78 is 25.1. The number of likely N-dealkylation sites (N-methyl/N-ethyl adjacent to an activating group) is 1. The molecule has 0 bridgehead atoms. The molecule has 0 unspecified atom stereocenters. The van der Waals surface area contributed by atoms with E-state index < -0.39 is 16.0 Å². The molecule has 4 N–H and O–H groups in total. The van der Waals surface area contributed by atoms with Crippen LogP contribution in [-0.4, -0.2) is 67.4 Å². The molecular weight excluding hydrogens is 508 g/mol. The van der Waals surface area contributed by atoms with Crippen molar-refractivity contribution in [2.45, 2.75) is 11.8 Å². The molecule has 198 valence electrons. The molecule has 10 nitrogen and oxygen atoms in total. The number of hydrogen-bond acceptors (Lipinski definition) is 7. The third-order valence-corrected chi connectivity index (χ3v) is 7.07. The van der Waals surface area contributed by atoms with Gasteiger partial charge in [-0.15, -0.1) is 0 Å². The Morgan fingerprint density at radius 2 is 1.76 bits per heavy atom. The summed E-state index contributed by atoms with van der Waals surface area (Å²) in [5, 5.41) is 21.0. The van der Waals surface area contributed by atoms with Crippen LogP contribution in [0.1, 0.15) is 27.0 Å². The van der Waals surface area contributed by atoms with E-state index in [9.17, 15) is 23.4 Å². The fraction of sp³-hybridized carbons (Fsp3) is 0.185. The second-order valence-corrected chi connectivity index (χ2v) is 10.6. The average molecular weight is 537 g/mol. The molecule has 0 aliphatic carbocycles. The summed E-state index contributed by atoms with van der Waals surface area (Å²) in [5.74, 6) is -1.23. The van der Waals surface area contributed by atoms with E-state index in [0.717, 1.165) is 0 Å². The van der Waals surface area contributed by atoms with Gasteiger partial charge in [0.2, 0.25) is 0 Å². The minimum absolute atomic E-state index is 0.00864. The number of nitrogens with zero attached hydrogens (tertiary/aromatic N) is 2. The zero-order chi connectivity index (χ0) is 27.4. The van der Waals surface area contributed by atoms with E-state index in [1.165, 1.54) is 18.2 Å². The van der Waals surface area contributed by atoms with Gasteiger partial charge >= 0.3 is 5.97 Å². The Morgan fingerprint density at radius 1 is 1.08 bits per heavy atom. The van der Waals surface area contributed by atoms with Gasteiger partial charge in [0.1, 0.15) is 0 Å². The fourth-order valence-corrected chi connectivity index (χ4v) is 4.72. The predicted molar refractivity (Wildman–Crippen MR) is 145 cm³/mol. The molecule has 4 aromatic rings. The molecule has 38 heavy (non-hydrogen) atoms. The Kier molecular flexibility index (Phi) is 7.93. The van der Waals surface area contributed by atoms with Crippen molar-refractivity contribution in [2.24, 2.45) is 4.99 Å². The second-order valence-electron chi connectivity index (χ2n) is 8.93. The number of aromatic carboxylic acids is 1. The lowest BCUT2D eigenvalue weighted by Gasteiger charge is -2.11. The molecule has 0 spiro atoms. The summed E-state index contributed by atoms with van der Waals surface area (Å²) in [7, 11) is -0.178. The van der Waals surface area contributed by atoms with Crippen LogP contribution in [-0.2, 0) is 14.9 Å². The summed E-state index contributed by atoms with van der Waals surface area (Å²) in [6.07, 6.45) is 0. The van der Waals surface area contributed by atoms with Gasteiger partial charge in [-0.05, 0) is 63.0 Å². The number of sulfonamides is 1. The highest BCUT2D eigenvalue weighted by Gasteiger charge is 2.21.